The summed E-state index contributed by atoms with van der Waals surface area (Å²) in [6.45, 7) is 0. The summed E-state index contributed by atoms with van der Waals surface area (Å²) in [7, 11) is 0. The number of aromatic nitrogens is 2. The largest absolute Gasteiger partial charge is 0.456 e. The molecule has 12 aromatic rings. The molecule has 0 aliphatic carbocycles. The van der Waals surface area contributed by atoms with Crippen LogP contribution in [0.2, 0.25) is 0 Å². The Morgan fingerprint density at radius 1 is 0.353 bits per heavy atom. The van der Waals surface area contributed by atoms with Gasteiger partial charge in [-0.25, -0.2) is 0 Å². The van der Waals surface area contributed by atoms with E-state index in [1.165, 1.54) is 76.6 Å². The van der Waals surface area contributed by atoms with Crippen LogP contribution < -0.4 is 0 Å². The van der Waals surface area contributed by atoms with Crippen LogP contribution in [0.25, 0.3) is 110 Å². The Kier molecular flexibility index (Phi) is 5.23. The number of furan rings is 1. The molecule has 0 fully saturated rings. The van der Waals surface area contributed by atoms with Crippen LogP contribution in [0.1, 0.15) is 0 Å². The summed E-state index contributed by atoms with van der Waals surface area (Å²) in [5.74, 6) is 0. The highest BCUT2D eigenvalue weighted by Crippen LogP contribution is 2.49. The van der Waals surface area contributed by atoms with E-state index in [1.807, 2.05) is 6.07 Å². The molecule has 0 aliphatic rings. The third-order valence-electron chi connectivity index (χ3n) is 11.0. The third kappa shape index (κ3) is 3.52. The van der Waals surface area contributed by atoms with Gasteiger partial charge in [0.25, 0.3) is 0 Å². The lowest BCUT2D eigenvalue weighted by molar-refractivity contribution is 0.669. The smallest absolute Gasteiger partial charge is 0.136 e. The summed E-state index contributed by atoms with van der Waals surface area (Å²) in [6, 6.07) is 61.8. The third-order valence-corrected chi connectivity index (χ3v) is 11.0. The second-order valence-electron chi connectivity index (χ2n) is 13.6. The summed E-state index contributed by atoms with van der Waals surface area (Å²) in [5, 5.41) is 9.91. The lowest BCUT2D eigenvalue weighted by Crippen LogP contribution is -1.97. The second kappa shape index (κ2) is 9.87. The number of nitrogens with zero attached hydrogens (tertiary/aromatic N) is 2. The molecule has 0 saturated carbocycles. The van der Waals surface area contributed by atoms with E-state index in [9.17, 15) is 0 Å². The first kappa shape index (κ1) is 27.0. The average molecular weight is 649 g/mol. The van der Waals surface area contributed by atoms with Crippen molar-refractivity contribution in [1.29, 1.82) is 0 Å². The van der Waals surface area contributed by atoms with Crippen LogP contribution in [-0.2, 0) is 0 Å². The minimum absolute atomic E-state index is 0.906. The van der Waals surface area contributed by atoms with Crippen LogP contribution in [0, 0.1) is 0 Å². The summed E-state index contributed by atoms with van der Waals surface area (Å²) < 4.78 is 11.3. The predicted molar refractivity (Wildman–Crippen MR) is 214 cm³/mol. The Hall–Kier alpha value is -6.84. The van der Waals surface area contributed by atoms with Crippen molar-refractivity contribution in [1.82, 2.24) is 8.97 Å². The molecule has 0 amide bonds. The van der Waals surface area contributed by atoms with Gasteiger partial charge in [-0.05, 0) is 70.6 Å². The fraction of sp³-hybridized carbons (Fsp3) is 0. The van der Waals surface area contributed by atoms with Crippen molar-refractivity contribution in [3.05, 3.63) is 170 Å². The Balaban J connectivity index is 1.29. The molecule has 51 heavy (non-hydrogen) atoms. The highest BCUT2D eigenvalue weighted by atomic mass is 16.3. The lowest BCUT2D eigenvalue weighted by atomic mass is 9.97. The first-order valence-corrected chi connectivity index (χ1v) is 17.5. The van der Waals surface area contributed by atoms with E-state index >= 15 is 0 Å². The van der Waals surface area contributed by atoms with Crippen LogP contribution in [0.3, 0.4) is 0 Å². The summed E-state index contributed by atoms with van der Waals surface area (Å²) in [6.07, 6.45) is 0. The van der Waals surface area contributed by atoms with Crippen molar-refractivity contribution in [2.45, 2.75) is 0 Å². The van der Waals surface area contributed by atoms with E-state index in [4.69, 9.17) is 4.42 Å². The van der Waals surface area contributed by atoms with Gasteiger partial charge in [0.15, 0.2) is 0 Å². The molecular formula is C48H28N2O. The van der Waals surface area contributed by atoms with Gasteiger partial charge in [0.05, 0.1) is 27.6 Å². The molecule has 0 spiro atoms. The minimum Gasteiger partial charge on any atom is -0.456 e. The highest BCUT2D eigenvalue weighted by Gasteiger charge is 2.26. The number of hydrogen-bond acceptors (Lipinski definition) is 1. The van der Waals surface area contributed by atoms with Crippen molar-refractivity contribution in [2.75, 3.05) is 0 Å². The Morgan fingerprint density at radius 2 is 0.980 bits per heavy atom. The van der Waals surface area contributed by atoms with Gasteiger partial charge in [0.2, 0.25) is 0 Å². The van der Waals surface area contributed by atoms with Crippen LogP contribution >= 0.6 is 0 Å². The lowest BCUT2D eigenvalue weighted by Gasteiger charge is -2.14. The van der Waals surface area contributed by atoms with Gasteiger partial charge in [0, 0.05) is 49.0 Å². The zero-order valence-corrected chi connectivity index (χ0v) is 27.5. The van der Waals surface area contributed by atoms with Crippen molar-refractivity contribution in [2.24, 2.45) is 0 Å². The van der Waals surface area contributed by atoms with E-state index in [0.717, 1.165) is 33.2 Å². The quantitative estimate of drug-likeness (QED) is 0.187. The van der Waals surface area contributed by atoms with E-state index in [1.54, 1.807) is 0 Å². The van der Waals surface area contributed by atoms with Gasteiger partial charge in [-0.3, -0.25) is 0 Å². The highest BCUT2D eigenvalue weighted by molar-refractivity contribution is 6.35. The molecule has 3 nitrogen and oxygen atoms in total. The topological polar surface area (TPSA) is 22.5 Å². The molecule has 0 radical (unpaired) electrons. The van der Waals surface area contributed by atoms with Gasteiger partial charge < -0.3 is 13.4 Å². The van der Waals surface area contributed by atoms with Crippen LogP contribution in [0.15, 0.2) is 174 Å². The van der Waals surface area contributed by atoms with Gasteiger partial charge in [-0.1, -0.05) is 121 Å². The van der Waals surface area contributed by atoms with Gasteiger partial charge in [-0.15, -0.1) is 0 Å². The minimum atomic E-state index is 0.906. The number of benzene rings is 8. The zero-order valence-electron chi connectivity index (χ0n) is 27.5. The molecule has 12 rings (SSSR count). The molecule has 3 heteroatoms. The second-order valence-corrected chi connectivity index (χ2v) is 13.6. The fourth-order valence-electron chi connectivity index (χ4n) is 9.00. The maximum Gasteiger partial charge on any atom is 0.136 e. The maximum atomic E-state index is 6.31. The van der Waals surface area contributed by atoms with Crippen LogP contribution in [-0.4, -0.2) is 8.97 Å². The fourth-order valence-corrected chi connectivity index (χ4v) is 9.00. The van der Waals surface area contributed by atoms with Gasteiger partial charge in [-0.2, -0.15) is 0 Å². The number of rotatable bonds is 3. The molecule has 4 aromatic heterocycles. The molecule has 0 unspecified atom stereocenters. The maximum absolute atomic E-state index is 6.31. The van der Waals surface area contributed by atoms with E-state index in [2.05, 4.69) is 173 Å². The molecule has 0 aliphatic heterocycles. The van der Waals surface area contributed by atoms with Crippen molar-refractivity contribution >= 4 is 81.8 Å². The van der Waals surface area contributed by atoms with Crippen molar-refractivity contribution < 1.29 is 4.42 Å². The van der Waals surface area contributed by atoms with Crippen molar-refractivity contribution in [3.8, 4) is 27.9 Å². The van der Waals surface area contributed by atoms with Crippen LogP contribution in [0.4, 0.5) is 0 Å². The Bertz CT molecular complexity index is 3360. The monoisotopic (exact) mass is 648 g/mol. The molecule has 236 valence electrons. The summed E-state index contributed by atoms with van der Waals surface area (Å²) in [5.41, 5.74) is 13.8. The van der Waals surface area contributed by atoms with Crippen molar-refractivity contribution in [3.63, 3.8) is 0 Å². The molecule has 0 saturated heterocycles. The van der Waals surface area contributed by atoms with E-state index < -0.39 is 0 Å². The Morgan fingerprint density at radius 3 is 1.82 bits per heavy atom. The average Bonchev–Trinajstić information content (AvgIpc) is 3.83. The summed E-state index contributed by atoms with van der Waals surface area (Å²) in [4.78, 5) is 0. The Labute approximate surface area is 292 Å². The van der Waals surface area contributed by atoms with Crippen LogP contribution in [0.5, 0.6) is 0 Å². The molecule has 0 atom stereocenters. The van der Waals surface area contributed by atoms with E-state index in [0.29, 0.717) is 0 Å². The standard InChI is InChI=1S/C48H28N2O/c1-2-13-29(14-3-1)37-28-38-34-18-5-8-23-40(34)50-39-22-7-4-17-33(39)35-21-11-24-41-45(35)46(48(38)50)47(37)49(41)31-16-10-15-30(27-31)32-20-12-26-43-44(32)36-19-6-9-25-42(36)51-43/h1-28H. The molecular weight excluding hydrogens is 621 g/mol. The number of para-hydroxylation sites is 3. The SMILES string of the molecule is c1ccc(-c2cc3c4ccccc4n4c5ccccc5c5cccc6c5c(c2n6-c2cccc(-c5cccc6oc7ccccc7c56)c2)c34)cc1. The molecule has 8 aromatic carbocycles. The van der Waals surface area contributed by atoms with E-state index in [-0.39, 0.29) is 0 Å². The molecule has 0 N–H and O–H groups in total. The number of fused-ring (bicyclic) bond motifs is 9. The predicted octanol–water partition coefficient (Wildman–Crippen LogP) is 13.2. The van der Waals surface area contributed by atoms with Gasteiger partial charge >= 0.3 is 0 Å². The van der Waals surface area contributed by atoms with Gasteiger partial charge in [0.1, 0.15) is 11.2 Å². The zero-order chi connectivity index (χ0) is 33.2. The normalized spacial score (nSPS) is 12.3. The molecule has 4 heterocycles. The first-order chi connectivity index (χ1) is 25.3. The summed E-state index contributed by atoms with van der Waals surface area (Å²) >= 11 is 0. The first-order valence-electron chi connectivity index (χ1n) is 17.5. The number of hydrogen-bond donors (Lipinski definition) is 0. The molecule has 0 bridgehead atoms.